The monoisotopic (exact) mass is 173 g/mol. The zero-order valence-electron chi connectivity index (χ0n) is 7.88. The average Bonchev–Trinajstić information content (AvgIpc) is 2.03. The molecule has 4 N–H and O–H groups in total. The fourth-order valence-corrected chi connectivity index (χ4v) is 0.835. The van der Waals surface area contributed by atoms with E-state index in [1.54, 1.807) is 0 Å². The molecule has 0 amide bonds. The van der Waals surface area contributed by atoms with Crippen molar-refractivity contribution in [2.24, 2.45) is 16.8 Å². The van der Waals surface area contributed by atoms with Gasteiger partial charge in [-0.2, -0.15) is 0 Å². The number of amidine groups is 1. The molecule has 0 atom stereocenters. The van der Waals surface area contributed by atoms with Crippen molar-refractivity contribution in [3.63, 3.8) is 0 Å². The lowest BCUT2D eigenvalue weighted by Crippen LogP contribution is -2.22. The highest BCUT2D eigenvalue weighted by Gasteiger charge is 1.94. The molecular weight excluding hydrogens is 154 g/mol. The Morgan fingerprint density at radius 1 is 1.58 bits per heavy atom. The SMILES string of the molecule is CC(C)CNCCCC(N)=NO. The highest BCUT2D eigenvalue weighted by Crippen LogP contribution is 1.89. The molecule has 0 aliphatic rings. The lowest BCUT2D eigenvalue weighted by Gasteiger charge is -2.06. The zero-order valence-corrected chi connectivity index (χ0v) is 7.88. The van der Waals surface area contributed by atoms with Crippen LogP contribution in [0.4, 0.5) is 0 Å². The van der Waals surface area contributed by atoms with Crippen LogP contribution in [0.25, 0.3) is 0 Å². The lowest BCUT2D eigenvalue weighted by atomic mass is 10.2. The molecule has 0 aliphatic heterocycles. The molecule has 0 aromatic rings. The third-order valence-corrected chi connectivity index (χ3v) is 1.47. The van der Waals surface area contributed by atoms with E-state index in [2.05, 4.69) is 24.3 Å². The van der Waals surface area contributed by atoms with Crippen LogP contribution >= 0.6 is 0 Å². The van der Waals surface area contributed by atoms with Gasteiger partial charge < -0.3 is 16.3 Å². The minimum Gasteiger partial charge on any atom is -0.409 e. The predicted molar refractivity (Wildman–Crippen MR) is 50.4 cm³/mol. The first kappa shape index (κ1) is 11.2. The Hall–Kier alpha value is -0.770. The van der Waals surface area contributed by atoms with Gasteiger partial charge in [-0.15, -0.1) is 0 Å². The van der Waals surface area contributed by atoms with E-state index in [-0.39, 0.29) is 0 Å². The second-order valence-corrected chi connectivity index (χ2v) is 3.29. The Morgan fingerprint density at radius 3 is 2.75 bits per heavy atom. The summed E-state index contributed by atoms with van der Waals surface area (Å²) in [5, 5.41) is 14.4. The summed E-state index contributed by atoms with van der Waals surface area (Å²) in [5.74, 6) is 0.982. The summed E-state index contributed by atoms with van der Waals surface area (Å²) in [7, 11) is 0. The molecule has 0 fully saturated rings. The second-order valence-electron chi connectivity index (χ2n) is 3.29. The van der Waals surface area contributed by atoms with Gasteiger partial charge in [0, 0.05) is 6.42 Å². The Balaban J connectivity index is 3.11. The Bertz CT molecular complexity index is 134. The van der Waals surface area contributed by atoms with Crippen LogP contribution in [0.1, 0.15) is 26.7 Å². The minimum absolute atomic E-state index is 0.307. The van der Waals surface area contributed by atoms with E-state index in [0.717, 1.165) is 19.5 Å². The number of hydrogen-bond donors (Lipinski definition) is 3. The summed E-state index contributed by atoms with van der Waals surface area (Å²) in [5.41, 5.74) is 5.29. The topological polar surface area (TPSA) is 70.6 Å². The normalized spacial score (nSPS) is 12.4. The van der Waals surface area contributed by atoms with Crippen LogP contribution in [0.5, 0.6) is 0 Å². The number of nitrogens with zero attached hydrogens (tertiary/aromatic N) is 1. The van der Waals surface area contributed by atoms with Gasteiger partial charge in [0.1, 0.15) is 5.84 Å². The van der Waals surface area contributed by atoms with Crippen molar-refractivity contribution in [3.05, 3.63) is 0 Å². The van der Waals surface area contributed by atoms with Crippen molar-refractivity contribution in [2.75, 3.05) is 13.1 Å². The van der Waals surface area contributed by atoms with E-state index in [4.69, 9.17) is 10.9 Å². The Labute approximate surface area is 73.8 Å². The third kappa shape index (κ3) is 7.34. The fourth-order valence-electron chi connectivity index (χ4n) is 0.835. The van der Waals surface area contributed by atoms with E-state index in [9.17, 15) is 0 Å². The number of rotatable bonds is 6. The molecule has 0 radical (unpaired) electrons. The summed E-state index contributed by atoms with van der Waals surface area (Å²) in [6.45, 7) is 6.28. The largest absolute Gasteiger partial charge is 0.409 e. The molecule has 0 heterocycles. The molecule has 0 bridgehead atoms. The van der Waals surface area contributed by atoms with Gasteiger partial charge in [-0.05, 0) is 25.4 Å². The van der Waals surface area contributed by atoms with E-state index in [1.165, 1.54) is 0 Å². The molecule has 0 aromatic carbocycles. The third-order valence-electron chi connectivity index (χ3n) is 1.47. The lowest BCUT2D eigenvalue weighted by molar-refractivity contribution is 0.316. The van der Waals surface area contributed by atoms with Crippen LogP contribution < -0.4 is 11.1 Å². The molecule has 4 nitrogen and oxygen atoms in total. The Kier molecular flexibility index (Phi) is 6.47. The van der Waals surface area contributed by atoms with Gasteiger partial charge in [-0.1, -0.05) is 19.0 Å². The van der Waals surface area contributed by atoms with Gasteiger partial charge in [0.25, 0.3) is 0 Å². The maximum atomic E-state index is 8.22. The predicted octanol–water partition coefficient (Wildman–Crippen LogP) is 0.759. The van der Waals surface area contributed by atoms with E-state index < -0.39 is 0 Å². The quantitative estimate of drug-likeness (QED) is 0.182. The first-order valence-corrected chi connectivity index (χ1v) is 4.34. The van der Waals surface area contributed by atoms with Crippen LogP contribution in [-0.2, 0) is 0 Å². The zero-order chi connectivity index (χ0) is 9.40. The van der Waals surface area contributed by atoms with E-state index >= 15 is 0 Å². The molecule has 12 heavy (non-hydrogen) atoms. The first-order chi connectivity index (χ1) is 5.66. The van der Waals surface area contributed by atoms with Crippen LogP contribution in [0.3, 0.4) is 0 Å². The van der Waals surface area contributed by atoms with Gasteiger partial charge in [-0.3, -0.25) is 0 Å². The van der Waals surface area contributed by atoms with Crippen LogP contribution in [-0.4, -0.2) is 24.1 Å². The number of nitrogens with two attached hydrogens (primary N) is 1. The molecular formula is C8H19N3O. The van der Waals surface area contributed by atoms with Crippen molar-refractivity contribution in [1.29, 1.82) is 0 Å². The van der Waals surface area contributed by atoms with Crippen LogP contribution in [0.15, 0.2) is 5.16 Å². The van der Waals surface area contributed by atoms with Crippen molar-refractivity contribution in [3.8, 4) is 0 Å². The van der Waals surface area contributed by atoms with Gasteiger partial charge in [0.15, 0.2) is 0 Å². The van der Waals surface area contributed by atoms with Crippen LogP contribution in [0, 0.1) is 5.92 Å². The van der Waals surface area contributed by atoms with Gasteiger partial charge in [0.2, 0.25) is 0 Å². The van der Waals surface area contributed by atoms with Gasteiger partial charge >= 0.3 is 0 Å². The first-order valence-electron chi connectivity index (χ1n) is 4.34. The summed E-state index contributed by atoms with van der Waals surface area (Å²) < 4.78 is 0. The number of nitrogens with one attached hydrogen (secondary N) is 1. The molecule has 0 spiro atoms. The molecule has 4 heteroatoms. The average molecular weight is 173 g/mol. The molecule has 0 aliphatic carbocycles. The van der Waals surface area contributed by atoms with Crippen molar-refractivity contribution < 1.29 is 5.21 Å². The summed E-state index contributed by atoms with van der Waals surface area (Å²) in [6, 6.07) is 0. The van der Waals surface area contributed by atoms with Gasteiger partial charge in [0.05, 0.1) is 0 Å². The summed E-state index contributed by atoms with van der Waals surface area (Å²) in [4.78, 5) is 0. The Morgan fingerprint density at radius 2 is 2.25 bits per heavy atom. The molecule has 0 aromatic heterocycles. The van der Waals surface area contributed by atoms with Crippen molar-refractivity contribution in [2.45, 2.75) is 26.7 Å². The molecule has 0 unspecified atom stereocenters. The van der Waals surface area contributed by atoms with Crippen molar-refractivity contribution >= 4 is 5.84 Å². The fraction of sp³-hybridized carbons (Fsp3) is 0.875. The van der Waals surface area contributed by atoms with Crippen LogP contribution in [0.2, 0.25) is 0 Å². The van der Waals surface area contributed by atoms with E-state index in [0.29, 0.717) is 18.2 Å². The maximum Gasteiger partial charge on any atom is 0.139 e. The van der Waals surface area contributed by atoms with Crippen molar-refractivity contribution in [1.82, 2.24) is 5.32 Å². The number of hydrogen-bond acceptors (Lipinski definition) is 3. The molecule has 72 valence electrons. The second kappa shape index (κ2) is 6.91. The maximum absolute atomic E-state index is 8.22. The van der Waals surface area contributed by atoms with E-state index in [1.807, 2.05) is 0 Å². The smallest absolute Gasteiger partial charge is 0.139 e. The minimum atomic E-state index is 0.307. The highest BCUT2D eigenvalue weighted by molar-refractivity contribution is 5.79. The summed E-state index contributed by atoms with van der Waals surface area (Å²) >= 11 is 0. The summed E-state index contributed by atoms with van der Waals surface area (Å²) in [6.07, 6.45) is 1.57. The standard InChI is InChI=1S/C8H19N3O/c1-7(2)6-10-5-3-4-8(9)11-12/h7,10,12H,3-6H2,1-2H3,(H2,9,11). The highest BCUT2D eigenvalue weighted by atomic mass is 16.4. The molecule has 0 saturated carbocycles. The molecule has 0 rings (SSSR count). The number of oxime groups is 1. The van der Waals surface area contributed by atoms with Gasteiger partial charge in [-0.25, -0.2) is 0 Å². The molecule has 0 saturated heterocycles.